The number of nitrogens with zero attached hydrogens (tertiary/aromatic N) is 7. The first-order valence-electron chi connectivity index (χ1n) is 10.0. The molecule has 0 radical (unpaired) electrons. The summed E-state index contributed by atoms with van der Waals surface area (Å²) in [6.45, 7) is 6.13. The Morgan fingerprint density at radius 2 is 2.03 bits per heavy atom. The Balaban J connectivity index is 1.53. The van der Waals surface area contributed by atoms with Gasteiger partial charge in [-0.2, -0.15) is 5.10 Å². The zero-order chi connectivity index (χ0) is 22.3. The van der Waals surface area contributed by atoms with Gasteiger partial charge in [0.15, 0.2) is 9.84 Å². The van der Waals surface area contributed by atoms with Crippen molar-refractivity contribution < 1.29 is 13.2 Å². The Morgan fingerprint density at radius 1 is 1.26 bits per heavy atom. The highest BCUT2D eigenvalue weighted by Gasteiger charge is 2.31. The number of benzene rings is 1. The largest absolute Gasteiger partial charge is 0.337 e. The van der Waals surface area contributed by atoms with E-state index < -0.39 is 9.84 Å². The molecule has 1 saturated heterocycles. The van der Waals surface area contributed by atoms with Gasteiger partial charge in [-0.05, 0) is 61.4 Å². The molecule has 0 spiro atoms. The lowest BCUT2D eigenvalue weighted by molar-refractivity contribution is 0.0784. The van der Waals surface area contributed by atoms with E-state index in [1.54, 1.807) is 22.7 Å². The number of hydrogen-bond donors (Lipinski definition) is 0. The smallest absolute Gasteiger partial charge is 0.253 e. The van der Waals surface area contributed by atoms with Gasteiger partial charge in [-0.3, -0.25) is 9.48 Å². The van der Waals surface area contributed by atoms with Crippen molar-refractivity contribution in [3.63, 3.8) is 0 Å². The van der Waals surface area contributed by atoms with Crippen molar-refractivity contribution in [3.05, 3.63) is 52.6 Å². The summed E-state index contributed by atoms with van der Waals surface area (Å²) in [5.41, 5.74) is 4.93. The molecular weight excluding hydrogens is 418 g/mol. The fourth-order valence-corrected chi connectivity index (χ4v) is 5.79. The van der Waals surface area contributed by atoms with E-state index in [1.165, 1.54) is 6.33 Å². The number of carbonyl (C=O) groups is 1. The van der Waals surface area contributed by atoms with E-state index in [-0.39, 0.29) is 23.5 Å². The number of amides is 1. The zero-order valence-corrected chi connectivity index (χ0v) is 18.8. The fraction of sp³-hybridized carbons (Fsp3) is 0.450. The maximum atomic E-state index is 13.0. The number of aromatic nitrogens is 6. The Kier molecular flexibility index (Phi) is 5.38. The standard InChI is InChI=1S/C20H25N7O3S/c1-13-9-16(5-6-19(13)26-12-21-23-24-26)20(28)25(4)10-18-14(2)22-27(15(18)3)17-7-8-31(29,30)11-17/h5-6,9,12,17H,7-8,10-11H2,1-4H3. The average molecular weight is 444 g/mol. The number of hydrogen-bond acceptors (Lipinski definition) is 7. The van der Waals surface area contributed by atoms with E-state index in [2.05, 4.69) is 20.6 Å². The molecule has 11 heteroatoms. The van der Waals surface area contributed by atoms with Gasteiger partial charge >= 0.3 is 0 Å². The summed E-state index contributed by atoms with van der Waals surface area (Å²) in [6, 6.07) is 5.26. The van der Waals surface area contributed by atoms with Crippen LogP contribution in [0.5, 0.6) is 0 Å². The minimum atomic E-state index is -3.00. The Hall–Kier alpha value is -3.08. The van der Waals surface area contributed by atoms with Gasteiger partial charge in [-0.1, -0.05) is 0 Å². The van der Waals surface area contributed by atoms with Crippen LogP contribution in [-0.4, -0.2) is 67.8 Å². The monoisotopic (exact) mass is 443 g/mol. The molecule has 31 heavy (non-hydrogen) atoms. The lowest BCUT2D eigenvalue weighted by atomic mass is 10.1. The van der Waals surface area contributed by atoms with Crippen molar-refractivity contribution in [1.29, 1.82) is 0 Å². The highest BCUT2D eigenvalue weighted by atomic mass is 32.2. The summed E-state index contributed by atoms with van der Waals surface area (Å²) >= 11 is 0. The summed E-state index contributed by atoms with van der Waals surface area (Å²) < 4.78 is 27.1. The molecule has 1 aliphatic heterocycles. The summed E-state index contributed by atoms with van der Waals surface area (Å²) in [6.07, 6.45) is 2.08. The molecular formula is C20H25N7O3S. The highest BCUT2D eigenvalue weighted by Crippen LogP contribution is 2.27. The minimum Gasteiger partial charge on any atom is -0.337 e. The molecule has 1 unspecified atom stereocenters. The Morgan fingerprint density at radius 3 is 2.65 bits per heavy atom. The van der Waals surface area contributed by atoms with E-state index in [9.17, 15) is 13.2 Å². The zero-order valence-electron chi connectivity index (χ0n) is 18.0. The second-order valence-corrected chi connectivity index (χ2v) is 10.3. The van der Waals surface area contributed by atoms with E-state index >= 15 is 0 Å². The first kappa shape index (κ1) is 21.2. The van der Waals surface area contributed by atoms with Crippen molar-refractivity contribution >= 4 is 15.7 Å². The third kappa shape index (κ3) is 4.09. The molecule has 1 amide bonds. The van der Waals surface area contributed by atoms with Crippen LogP contribution in [0.25, 0.3) is 5.69 Å². The molecule has 3 aromatic rings. The van der Waals surface area contributed by atoms with Crippen LogP contribution in [-0.2, 0) is 16.4 Å². The van der Waals surface area contributed by atoms with Crippen LogP contribution >= 0.6 is 0 Å². The predicted octanol–water partition coefficient (Wildman–Crippen LogP) is 1.42. The van der Waals surface area contributed by atoms with Crippen LogP contribution in [0.4, 0.5) is 0 Å². The maximum Gasteiger partial charge on any atom is 0.253 e. The van der Waals surface area contributed by atoms with Crippen LogP contribution in [0, 0.1) is 20.8 Å². The first-order chi connectivity index (χ1) is 14.7. The van der Waals surface area contributed by atoms with E-state index in [0.29, 0.717) is 18.5 Å². The molecule has 0 bridgehead atoms. The van der Waals surface area contributed by atoms with Crippen molar-refractivity contribution in [2.75, 3.05) is 18.6 Å². The maximum absolute atomic E-state index is 13.0. The van der Waals surface area contributed by atoms with Crippen molar-refractivity contribution in [1.82, 2.24) is 34.9 Å². The number of carbonyl (C=O) groups excluding carboxylic acids is 1. The summed E-state index contributed by atoms with van der Waals surface area (Å²) in [4.78, 5) is 14.7. The molecule has 0 aliphatic carbocycles. The third-order valence-corrected chi connectivity index (χ3v) is 7.56. The number of rotatable bonds is 5. The molecule has 0 saturated carbocycles. The topological polar surface area (TPSA) is 116 Å². The lowest BCUT2D eigenvalue weighted by Crippen LogP contribution is -2.27. The number of aryl methyl sites for hydroxylation is 2. The quantitative estimate of drug-likeness (QED) is 0.585. The molecule has 10 nitrogen and oxygen atoms in total. The van der Waals surface area contributed by atoms with Crippen LogP contribution in [0.3, 0.4) is 0 Å². The minimum absolute atomic E-state index is 0.110. The SMILES string of the molecule is Cc1cc(C(=O)N(C)Cc2c(C)nn(C3CCS(=O)(=O)C3)c2C)ccc1-n1cnnn1. The molecule has 1 aromatic carbocycles. The highest BCUT2D eigenvalue weighted by molar-refractivity contribution is 7.91. The molecule has 1 atom stereocenters. The fourth-order valence-electron chi connectivity index (χ4n) is 4.10. The van der Waals surface area contributed by atoms with Gasteiger partial charge in [0.25, 0.3) is 5.91 Å². The van der Waals surface area contributed by atoms with Crippen LogP contribution in [0.15, 0.2) is 24.5 Å². The number of tetrazole rings is 1. The Bertz CT molecular complexity index is 1230. The Labute approximate surface area is 180 Å². The molecule has 1 fully saturated rings. The predicted molar refractivity (Wildman–Crippen MR) is 114 cm³/mol. The van der Waals surface area contributed by atoms with Gasteiger partial charge < -0.3 is 4.90 Å². The molecule has 164 valence electrons. The van der Waals surface area contributed by atoms with Gasteiger partial charge in [0, 0.05) is 30.4 Å². The van der Waals surface area contributed by atoms with Gasteiger partial charge in [-0.25, -0.2) is 13.1 Å². The second kappa shape index (κ2) is 7.88. The average Bonchev–Trinajstić information content (AvgIpc) is 3.43. The van der Waals surface area contributed by atoms with Gasteiger partial charge in [0.2, 0.25) is 0 Å². The van der Waals surface area contributed by atoms with Crippen molar-refractivity contribution in [2.45, 2.75) is 39.8 Å². The van der Waals surface area contributed by atoms with Crippen molar-refractivity contribution in [3.8, 4) is 5.69 Å². The summed E-state index contributed by atoms with van der Waals surface area (Å²) in [7, 11) is -1.25. The van der Waals surface area contributed by atoms with E-state index in [4.69, 9.17) is 0 Å². The molecule has 2 aromatic heterocycles. The van der Waals surface area contributed by atoms with E-state index in [0.717, 1.165) is 28.2 Å². The second-order valence-electron chi connectivity index (χ2n) is 8.07. The lowest BCUT2D eigenvalue weighted by Gasteiger charge is -2.19. The first-order valence-corrected chi connectivity index (χ1v) is 11.8. The molecule has 3 heterocycles. The summed E-state index contributed by atoms with van der Waals surface area (Å²) in [5.74, 6) is 0.209. The van der Waals surface area contributed by atoms with Crippen LogP contribution in [0.1, 0.15) is 45.3 Å². The van der Waals surface area contributed by atoms with Gasteiger partial charge in [0.1, 0.15) is 6.33 Å². The molecule has 4 rings (SSSR count). The number of sulfone groups is 1. The summed E-state index contributed by atoms with van der Waals surface area (Å²) in [5, 5.41) is 15.8. The van der Waals surface area contributed by atoms with Gasteiger partial charge in [0.05, 0.1) is 28.9 Å². The van der Waals surface area contributed by atoms with Crippen LogP contribution < -0.4 is 0 Å². The normalized spacial score (nSPS) is 17.7. The van der Waals surface area contributed by atoms with Crippen LogP contribution in [0.2, 0.25) is 0 Å². The van der Waals surface area contributed by atoms with Crippen molar-refractivity contribution in [2.24, 2.45) is 0 Å². The third-order valence-electron chi connectivity index (χ3n) is 5.81. The molecule has 1 aliphatic rings. The molecule has 0 N–H and O–H groups in total. The van der Waals surface area contributed by atoms with E-state index in [1.807, 2.05) is 37.6 Å². The van der Waals surface area contributed by atoms with Gasteiger partial charge in [-0.15, -0.1) is 5.10 Å².